The quantitative estimate of drug-likeness (QED) is 0.301. The van der Waals surface area contributed by atoms with Crippen LogP contribution in [-0.2, 0) is 0 Å². The fourth-order valence-electron chi connectivity index (χ4n) is 4.95. The number of amides is 2. The van der Waals surface area contributed by atoms with Crippen LogP contribution >= 0.6 is 0 Å². The number of benzene rings is 2. The summed E-state index contributed by atoms with van der Waals surface area (Å²) in [4.78, 5) is 34.4. The zero-order valence-electron chi connectivity index (χ0n) is 21.9. The largest absolute Gasteiger partial charge is 0.494 e. The smallest absolute Gasteiger partial charge is 0.404 e. The Bertz CT molecular complexity index is 1580. The normalized spacial score (nSPS) is 13.8. The van der Waals surface area contributed by atoms with Gasteiger partial charge in [-0.15, -0.1) is 0 Å². The van der Waals surface area contributed by atoms with Crippen molar-refractivity contribution in [1.29, 1.82) is 0 Å². The highest BCUT2D eigenvalue weighted by atomic mass is 19.1. The van der Waals surface area contributed by atoms with Crippen molar-refractivity contribution in [3.63, 3.8) is 0 Å². The van der Waals surface area contributed by atoms with Gasteiger partial charge in [-0.2, -0.15) is 0 Å². The fourth-order valence-corrected chi connectivity index (χ4v) is 4.95. The van der Waals surface area contributed by atoms with E-state index in [1.165, 1.54) is 19.5 Å². The number of nitrogens with zero attached hydrogens (tertiary/aromatic N) is 4. The molecule has 3 N–H and O–H groups in total. The minimum Gasteiger partial charge on any atom is -0.494 e. The number of aryl methyl sites for hydroxylation is 1. The third kappa shape index (κ3) is 5.37. The first-order chi connectivity index (χ1) is 19.2. The lowest BCUT2D eigenvalue weighted by Gasteiger charge is -2.32. The summed E-state index contributed by atoms with van der Waals surface area (Å²) in [6.45, 7) is 3.38. The van der Waals surface area contributed by atoms with Crippen LogP contribution in [0, 0.1) is 24.5 Å². The summed E-state index contributed by atoms with van der Waals surface area (Å²) in [6.07, 6.45) is 5.01. The summed E-state index contributed by atoms with van der Waals surface area (Å²) in [5, 5.41) is 14.4. The Morgan fingerprint density at radius 3 is 2.60 bits per heavy atom. The molecule has 0 bridgehead atoms. The monoisotopic (exact) mass is 550 g/mol. The number of nitrogens with one attached hydrogen (secondary N) is 2. The van der Waals surface area contributed by atoms with Crippen molar-refractivity contribution in [2.75, 3.05) is 32.1 Å². The Morgan fingerprint density at radius 1 is 1.12 bits per heavy atom. The van der Waals surface area contributed by atoms with Crippen molar-refractivity contribution in [1.82, 2.24) is 24.6 Å². The molecule has 5 rings (SSSR count). The molecule has 0 atom stereocenters. The molecule has 0 spiro atoms. The van der Waals surface area contributed by atoms with Gasteiger partial charge < -0.3 is 25.4 Å². The molecule has 0 aliphatic carbocycles. The zero-order chi connectivity index (χ0) is 28.4. The zero-order valence-corrected chi connectivity index (χ0v) is 21.9. The number of aromatic nitrogens is 3. The SMILES string of the molecule is COc1cc(F)c(-c2cnc3c(Nc4ccc(C(=O)N5CCC(CNC(=O)O)CC5)c(C)c4)nccn23)cc1F. The van der Waals surface area contributed by atoms with Crippen LogP contribution in [0.4, 0.5) is 25.1 Å². The predicted octanol–water partition coefficient (Wildman–Crippen LogP) is 4.85. The van der Waals surface area contributed by atoms with Gasteiger partial charge >= 0.3 is 6.09 Å². The van der Waals surface area contributed by atoms with Crippen molar-refractivity contribution in [2.45, 2.75) is 19.8 Å². The molecule has 12 heteroatoms. The number of rotatable bonds is 7. The van der Waals surface area contributed by atoms with Crippen molar-refractivity contribution in [3.05, 3.63) is 71.7 Å². The number of anilines is 2. The minimum atomic E-state index is -1.04. The molecule has 0 unspecified atom stereocenters. The summed E-state index contributed by atoms with van der Waals surface area (Å²) >= 11 is 0. The average molecular weight is 551 g/mol. The maximum Gasteiger partial charge on any atom is 0.404 e. The van der Waals surface area contributed by atoms with Gasteiger partial charge in [-0.3, -0.25) is 9.20 Å². The molecule has 3 heterocycles. The molecule has 4 aromatic rings. The average Bonchev–Trinajstić information content (AvgIpc) is 3.38. The van der Waals surface area contributed by atoms with E-state index in [-0.39, 0.29) is 23.1 Å². The minimum absolute atomic E-state index is 0.0313. The second-order valence-electron chi connectivity index (χ2n) is 9.66. The van der Waals surface area contributed by atoms with Crippen LogP contribution in [-0.4, -0.2) is 63.1 Å². The van der Waals surface area contributed by atoms with E-state index in [0.717, 1.165) is 30.5 Å². The number of piperidine rings is 1. The highest BCUT2D eigenvalue weighted by Crippen LogP contribution is 2.31. The van der Waals surface area contributed by atoms with E-state index < -0.39 is 17.7 Å². The van der Waals surface area contributed by atoms with Crippen LogP contribution in [0.1, 0.15) is 28.8 Å². The molecule has 1 aliphatic rings. The molecule has 40 heavy (non-hydrogen) atoms. The van der Waals surface area contributed by atoms with Crippen LogP contribution in [0.3, 0.4) is 0 Å². The molecule has 0 radical (unpaired) electrons. The molecule has 2 aromatic heterocycles. The fraction of sp³-hybridized carbons (Fsp3) is 0.286. The number of hydrogen-bond donors (Lipinski definition) is 3. The van der Waals surface area contributed by atoms with E-state index in [0.29, 0.717) is 48.0 Å². The third-order valence-electron chi connectivity index (χ3n) is 7.11. The standard InChI is InChI=1S/C28H28F2N6O4/c1-16-11-18(3-4-19(16)27(37)35-8-5-17(6-9-35)14-33-28(38)39)34-25-26-32-15-23(36(26)10-7-31-25)20-12-22(30)24(40-2)13-21(20)29/h3-4,7,10-13,15,17,33H,5-6,8-9,14H2,1-2H3,(H,31,34)(H,38,39). The second kappa shape index (κ2) is 11.2. The van der Waals surface area contributed by atoms with E-state index in [4.69, 9.17) is 9.84 Å². The molecule has 2 amide bonds. The lowest BCUT2D eigenvalue weighted by Crippen LogP contribution is -2.41. The molecule has 1 saturated heterocycles. The number of ether oxygens (including phenoxy) is 1. The Hall–Kier alpha value is -4.74. The first-order valence-corrected chi connectivity index (χ1v) is 12.7. The van der Waals surface area contributed by atoms with Crippen LogP contribution in [0.25, 0.3) is 16.9 Å². The summed E-state index contributed by atoms with van der Waals surface area (Å²) in [7, 11) is 1.27. The second-order valence-corrected chi connectivity index (χ2v) is 9.66. The van der Waals surface area contributed by atoms with Gasteiger partial charge in [0.05, 0.1) is 19.0 Å². The van der Waals surface area contributed by atoms with Gasteiger partial charge in [0, 0.05) is 54.9 Å². The maximum atomic E-state index is 14.7. The lowest BCUT2D eigenvalue weighted by atomic mass is 9.96. The number of carbonyl (C=O) groups excluding carboxylic acids is 1. The molecular weight excluding hydrogens is 522 g/mol. The van der Waals surface area contributed by atoms with E-state index >= 15 is 0 Å². The van der Waals surface area contributed by atoms with E-state index in [1.807, 2.05) is 13.0 Å². The number of imidazole rings is 1. The van der Waals surface area contributed by atoms with Crippen LogP contribution < -0.4 is 15.4 Å². The van der Waals surface area contributed by atoms with Gasteiger partial charge in [0.25, 0.3) is 5.91 Å². The number of fused-ring (bicyclic) bond motifs is 1. The molecule has 1 aliphatic heterocycles. The number of likely N-dealkylation sites (tertiary alicyclic amines) is 1. The van der Waals surface area contributed by atoms with Gasteiger partial charge in [0.2, 0.25) is 0 Å². The number of halogens is 2. The highest BCUT2D eigenvalue weighted by Gasteiger charge is 2.25. The van der Waals surface area contributed by atoms with Crippen LogP contribution in [0.5, 0.6) is 5.75 Å². The molecule has 208 valence electrons. The van der Waals surface area contributed by atoms with E-state index in [9.17, 15) is 18.4 Å². The molecule has 1 fully saturated rings. The Morgan fingerprint density at radius 2 is 1.90 bits per heavy atom. The molecule has 0 saturated carbocycles. The van der Waals surface area contributed by atoms with Crippen LogP contribution in [0.2, 0.25) is 0 Å². The van der Waals surface area contributed by atoms with Crippen molar-refractivity contribution >= 4 is 29.2 Å². The van der Waals surface area contributed by atoms with Gasteiger partial charge in [0.1, 0.15) is 5.82 Å². The van der Waals surface area contributed by atoms with E-state index in [2.05, 4.69) is 20.6 Å². The highest BCUT2D eigenvalue weighted by molar-refractivity contribution is 5.96. The number of carbonyl (C=O) groups is 2. The molecular formula is C28H28F2N6O4. The summed E-state index contributed by atoms with van der Waals surface area (Å²) in [5.74, 6) is -0.978. The van der Waals surface area contributed by atoms with Crippen LogP contribution in [0.15, 0.2) is 48.9 Å². The summed E-state index contributed by atoms with van der Waals surface area (Å²) in [5.41, 5.74) is 2.82. The van der Waals surface area contributed by atoms with Crippen molar-refractivity contribution < 1.29 is 28.2 Å². The van der Waals surface area contributed by atoms with Gasteiger partial charge in [-0.25, -0.2) is 23.5 Å². The number of hydrogen-bond acceptors (Lipinski definition) is 6. The first kappa shape index (κ1) is 26.9. The summed E-state index contributed by atoms with van der Waals surface area (Å²) in [6, 6.07) is 7.43. The summed E-state index contributed by atoms with van der Waals surface area (Å²) < 4.78 is 35.5. The third-order valence-corrected chi connectivity index (χ3v) is 7.11. The van der Waals surface area contributed by atoms with Crippen molar-refractivity contribution in [3.8, 4) is 17.0 Å². The lowest BCUT2D eigenvalue weighted by molar-refractivity contribution is 0.0688. The number of methoxy groups -OCH3 is 1. The first-order valence-electron chi connectivity index (χ1n) is 12.7. The predicted molar refractivity (Wildman–Crippen MR) is 144 cm³/mol. The van der Waals surface area contributed by atoms with E-state index in [1.54, 1.807) is 27.6 Å². The van der Waals surface area contributed by atoms with Crippen molar-refractivity contribution in [2.24, 2.45) is 5.92 Å². The Kier molecular flexibility index (Phi) is 7.50. The van der Waals surface area contributed by atoms with Gasteiger partial charge in [0.15, 0.2) is 23.0 Å². The maximum absolute atomic E-state index is 14.7. The van der Waals surface area contributed by atoms with Gasteiger partial charge in [-0.1, -0.05) is 0 Å². The Balaban J connectivity index is 1.32. The van der Waals surface area contributed by atoms with Gasteiger partial charge in [-0.05, 0) is 55.5 Å². The number of carboxylic acid groups (broad SMARTS) is 1. The molecule has 2 aromatic carbocycles. The molecule has 10 nitrogen and oxygen atoms in total. The Labute approximate surface area is 228 Å². The topological polar surface area (TPSA) is 121 Å².